The largest absolute Gasteiger partial charge is 0.508 e. The molecule has 0 aliphatic carbocycles. The monoisotopic (exact) mass is 179 g/mol. The number of hydrogen-bond donors (Lipinski definition) is 3. The van der Waals surface area contributed by atoms with Gasteiger partial charge in [0.15, 0.2) is 0 Å². The van der Waals surface area contributed by atoms with Crippen LogP contribution >= 0.6 is 0 Å². The number of aromatic hydroxyl groups is 2. The third-order valence-electron chi connectivity index (χ3n) is 1.98. The highest BCUT2D eigenvalue weighted by Crippen LogP contribution is 2.30. The van der Waals surface area contributed by atoms with E-state index in [4.69, 9.17) is 5.73 Å². The van der Waals surface area contributed by atoms with Gasteiger partial charge in [-0.2, -0.15) is 0 Å². The second-order valence-electron chi connectivity index (χ2n) is 3.19. The first-order valence-electron chi connectivity index (χ1n) is 3.92. The summed E-state index contributed by atoms with van der Waals surface area (Å²) in [5.41, 5.74) is 5.45. The average molecular weight is 179 g/mol. The maximum Gasteiger partial charge on any atom is 0.121 e. The van der Waals surface area contributed by atoms with Crippen molar-refractivity contribution < 1.29 is 10.2 Å². The van der Waals surface area contributed by atoms with E-state index in [2.05, 4.69) is 6.58 Å². The topological polar surface area (TPSA) is 66.5 Å². The van der Waals surface area contributed by atoms with Gasteiger partial charge in [-0.05, 0) is 25.1 Å². The lowest BCUT2D eigenvalue weighted by molar-refractivity contribution is 0.440. The third-order valence-corrected chi connectivity index (χ3v) is 1.98. The number of benzene rings is 1. The molecule has 13 heavy (non-hydrogen) atoms. The van der Waals surface area contributed by atoms with Crippen LogP contribution in [0.2, 0.25) is 0 Å². The zero-order chi connectivity index (χ0) is 10.1. The van der Waals surface area contributed by atoms with Crippen molar-refractivity contribution in [2.45, 2.75) is 12.5 Å². The molecule has 0 radical (unpaired) electrons. The van der Waals surface area contributed by atoms with Gasteiger partial charge in [-0.3, -0.25) is 0 Å². The van der Waals surface area contributed by atoms with Crippen LogP contribution in [-0.2, 0) is 5.54 Å². The number of phenols is 2. The van der Waals surface area contributed by atoms with E-state index in [1.807, 2.05) is 0 Å². The van der Waals surface area contributed by atoms with Crippen LogP contribution in [0, 0.1) is 0 Å². The van der Waals surface area contributed by atoms with Crippen LogP contribution in [0.5, 0.6) is 11.5 Å². The molecule has 1 aromatic carbocycles. The summed E-state index contributed by atoms with van der Waals surface area (Å²) in [5, 5.41) is 18.7. The Bertz CT molecular complexity index is 332. The minimum atomic E-state index is -0.831. The Labute approximate surface area is 77.1 Å². The Morgan fingerprint density at radius 2 is 2.08 bits per heavy atom. The molecule has 0 aliphatic heterocycles. The fraction of sp³-hybridized carbons (Fsp3) is 0.200. The van der Waals surface area contributed by atoms with Gasteiger partial charge in [0.2, 0.25) is 0 Å². The van der Waals surface area contributed by atoms with Gasteiger partial charge in [-0.1, -0.05) is 6.08 Å². The lowest BCUT2D eigenvalue weighted by Gasteiger charge is -2.21. The lowest BCUT2D eigenvalue weighted by atomic mass is 9.92. The number of rotatable bonds is 2. The summed E-state index contributed by atoms with van der Waals surface area (Å²) in [7, 11) is 0. The number of nitrogens with two attached hydrogens (primary N) is 1. The fourth-order valence-corrected chi connectivity index (χ4v) is 1.07. The van der Waals surface area contributed by atoms with Crippen molar-refractivity contribution >= 4 is 0 Å². The summed E-state index contributed by atoms with van der Waals surface area (Å²) in [5.74, 6) is 0.133. The molecular weight excluding hydrogens is 166 g/mol. The zero-order valence-corrected chi connectivity index (χ0v) is 7.49. The normalized spacial score (nSPS) is 14.9. The van der Waals surface area contributed by atoms with Crippen LogP contribution in [0.1, 0.15) is 12.5 Å². The summed E-state index contributed by atoms with van der Waals surface area (Å²) >= 11 is 0. The molecule has 0 amide bonds. The number of phenolic OH excluding ortho intramolecular Hbond substituents is 2. The van der Waals surface area contributed by atoms with Crippen LogP contribution in [-0.4, -0.2) is 10.2 Å². The van der Waals surface area contributed by atoms with Crippen LogP contribution in [0.4, 0.5) is 0 Å². The van der Waals surface area contributed by atoms with Crippen molar-refractivity contribution in [1.82, 2.24) is 0 Å². The second-order valence-corrected chi connectivity index (χ2v) is 3.19. The summed E-state index contributed by atoms with van der Waals surface area (Å²) in [6.07, 6.45) is 1.52. The van der Waals surface area contributed by atoms with E-state index in [1.165, 1.54) is 24.3 Å². The van der Waals surface area contributed by atoms with E-state index in [-0.39, 0.29) is 11.5 Å². The second kappa shape index (κ2) is 3.11. The predicted molar refractivity (Wildman–Crippen MR) is 51.5 cm³/mol. The molecule has 3 heteroatoms. The molecule has 0 fully saturated rings. The third kappa shape index (κ3) is 1.81. The highest BCUT2D eigenvalue weighted by atomic mass is 16.3. The molecule has 1 rings (SSSR count). The number of hydrogen-bond acceptors (Lipinski definition) is 3. The van der Waals surface area contributed by atoms with E-state index in [9.17, 15) is 10.2 Å². The summed E-state index contributed by atoms with van der Waals surface area (Å²) < 4.78 is 0. The van der Waals surface area contributed by atoms with Crippen LogP contribution in [0.3, 0.4) is 0 Å². The van der Waals surface area contributed by atoms with E-state index in [0.717, 1.165) is 0 Å². The highest BCUT2D eigenvalue weighted by molar-refractivity contribution is 5.44. The molecule has 4 N–H and O–H groups in total. The first-order valence-corrected chi connectivity index (χ1v) is 3.92. The van der Waals surface area contributed by atoms with E-state index in [0.29, 0.717) is 5.56 Å². The Hall–Kier alpha value is -1.48. The fourth-order valence-electron chi connectivity index (χ4n) is 1.07. The van der Waals surface area contributed by atoms with Gasteiger partial charge < -0.3 is 15.9 Å². The molecule has 1 atom stereocenters. The molecule has 1 aromatic rings. The minimum Gasteiger partial charge on any atom is -0.508 e. The molecule has 0 heterocycles. The summed E-state index contributed by atoms with van der Waals surface area (Å²) in [4.78, 5) is 0. The molecule has 3 nitrogen and oxygen atoms in total. The Morgan fingerprint density at radius 1 is 1.46 bits per heavy atom. The first kappa shape index (κ1) is 9.61. The molecule has 0 unspecified atom stereocenters. The van der Waals surface area contributed by atoms with Gasteiger partial charge in [0.25, 0.3) is 0 Å². The van der Waals surface area contributed by atoms with Gasteiger partial charge in [-0.15, -0.1) is 6.58 Å². The van der Waals surface area contributed by atoms with Crippen molar-refractivity contribution in [2.75, 3.05) is 0 Å². The van der Waals surface area contributed by atoms with Crippen molar-refractivity contribution in [3.63, 3.8) is 0 Å². The van der Waals surface area contributed by atoms with Gasteiger partial charge in [0.1, 0.15) is 11.5 Å². The Kier molecular flexibility index (Phi) is 2.30. The van der Waals surface area contributed by atoms with Crippen molar-refractivity contribution in [3.05, 3.63) is 36.4 Å². The Balaban J connectivity index is 3.28. The van der Waals surface area contributed by atoms with Gasteiger partial charge in [0, 0.05) is 5.56 Å². The molecule has 70 valence electrons. The van der Waals surface area contributed by atoms with Crippen LogP contribution in [0.25, 0.3) is 0 Å². The van der Waals surface area contributed by atoms with Crippen LogP contribution < -0.4 is 5.73 Å². The minimum absolute atomic E-state index is 0.0581. The quantitative estimate of drug-likeness (QED) is 0.475. The highest BCUT2D eigenvalue weighted by Gasteiger charge is 2.20. The molecule has 0 saturated heterocycles. The average Bonchev–Trinajstić information content (AvgIpc) is 2.09. The zero-order valence-electron chi connectivity index (χ0n) is 7.49. The Morgan fingerprint density at radius 3 is 2.62 bits per heavy atom. The maximum atomic E-state index is 9.46. The lowest BCUT2D eigenvalue weighted by Crippen LogP contribution is -2.30. The summed E-state index contributed by atoms with van der Waals surface area (Å²) in [6, 6.07) is 4.23. The van der Waals surface area contributed by atoms with E-state index in [1.54, 1.807) is 6.92 Å². The predicted octanol–water partition coefficient (Wildman–Crippen LogP) is 1.46. The smallest absolute Gasteiger partial charge is 0.121 e. The SMILES string of the molecule is C=C[C@](C)(N)c1cc(O)ccc1O. The van der Waals surface area contributed by atoms with Gasteiger partial charge in [-0.25, -0.2) is 0 Å². The van der Waals surface area contributed by atoms with Crippen molar-refractivity contribution in [1.29, 1.82) is 0 Å². The van der Waals surface area contributed by atoms with Crippen molar-refractivity contribution in [3.8, 4) is 11.5 Å². The maximum absolute atomic E-state index is 9.46. The molecule has 0 saturated carbocycles. The molecule has 0 aromatic heterocycles. The van der Waals surface area contributed by atoms with Gasteiger partial charge in [0.05, 0.1) is 5.54 Å². The summed E-state index contributed by atoms with van der Waals surface area (Å²) in [6.45, 7) is 5.26. The molecule has 0 aliphatic rings. The molecule has 0 bridgehead atoms. The molecular formula is C10H13NO2. The first-order chi connectivity index (χ1) is 5.97. The van der Waals surface area contributed by atoms with E-state index >= 15 is 0 Å². The standard InChI is InChI=1S/C10H13NO2/c1-3-10(2,11)8-6-7(12)4-5-9(8)13/h3-6,12-13H,1,11H2,2H3/t10-/m0/s1. The van der Waals surface area contributed by atoms with Gasteiger partial charge >= 0.3 is 0 Å². The molecule has 0 spiro atoms. The van der Waals surface area contributed by atoms with E-state index < -0.39 is 5.54 Å². The van der Waals surface area contributed by atoms with Crippen molar-refractivity contribution in [2.24, 2.45) is 5.73 Å². The van der Waals surface area contributed by atoms with Crippen LogP contribution in [0.15, 0.2) is 30.9 Å².